The monoisotopic (exact) mass is 292 g/mol. The molecule has 1 heterocycles. The molecule has 0 bridgehead atoms. The highest BCUT2D eigenvalue weighted by Crippen LogP contribution is 2.44. The summed E-state index contributed by atoms with van der Waals surface area (Å²) in [5.74, 6) is 1.23. The Kier molecular flexibility index (Phi) is 5.33. The highest BCUT2D eigenvalue weighted by Gasteiger charge is 2.41. The molecule has 0 aromatic heterocycles. The standard InChI is InChI=1S/C18H32N2O/c1-5-18(3,4)15-7-6-14(11-19)16(10-15)20-9-8-17(21)13(2)12-20/h13-17,21H,5-10,12H2,1-4H3. The van der Waals surface area contributed by atoms with Crippen molar-refractivity contribution in [3.63, 3.8) is 0 Å². The van der Waals surface area contributed by atoms with Gasteiger partial charge in [-0.2, -0.15) is 5.26 Å². The number of hydrogen-bond donors (Lipinski definition) is 1. The Balaban J connectivity index is 2.09. The van der Waals surface area contributed by atoms with Gasteiger partial charge in [0.05, 0.1) is 18.1 Å². The Morgan fingerprint density at radius 3 is 2.57 bits per heavy atom. The van der Waals surface area contributed by atoms with Gasteiger partial charge >= 0.3 is 0 Å². The van der Waals surface area contributed by atoms with E-state index in [4.69, 9.17) is 0 Å². The summed E-state index contributed by atoms with van der Waals surface area (Å²) in [7, 11) is 0. The first-order chi connectivity index (χ1) is 9.89. The van der Waals surface area contributed by atoms with E-state index in [0.717, 1.165) is 38.3 Å². The lowest BCUT2D eigenvalue weighted by molar-refractivity contribution is -0.0157. The van der Waals surface area contributed by atoms with E-state index < -0.39 is 0 Å². The van der Waals surface area contributed by atoms with Gasteiger partial charge in [-0.05, 0) is 42.9 Å². The molecule has 3 heteroatoms. The van der Waals surface area contributed by atoms with Crippen molar-refractivity contribution in [3.05, 3.63) is 0 Å². The second-order valence-corrected chi connectivity index (χ2v) is 7.98. The third kappa shape index (κ3) is 3.60. The van der Waals surface area contributed by atoms with Crippen LogP contribution in [0.15, 0.2) is 0 Å². The van der Waals surface area contributed by atoms with Crippen LogP contribution in [0, 0.1) is 34.5 Å². The molecule has 5 atom stereocenters. The zero-order valence-electron chi connectivity index (χ0n) is 14.2. The van der Waals surface area contributed by atoms with Crippen LogP contribution in [0.25, 0.3) is 0 Å². The van der Waals surface area contributed by atoms with Gasteiger partial charge in [-0.15, -0.1) is 0 Å². The minimum absolute atomic E-state index is 0.159. The summed E-state index contributed by atoms with van der Waals surface area (Å²) in [4.78, 5) is 2.50. The molecular formula is C18H32N2O. The van der Waals surface area contributed by atoms with Crippen molar-refractivity contribution in [2.24, 2.45) is 23.2 Å². The first-order valence-electron chi connectivity index (χ1n) is 8.70. The molecule has 2 aliphatic rings. The van der Waals surface area contributed by atoms with Crippen molar-refractivity contribution in [1.82, 2.24) is 4.90 Å². The van der Waals surface area contributed by atoms with E-state index in [1.165, 1.54) is 12.8 Å². The minimum Gasteiger partial charge on any atom is -0.393 e. The number of piperidine rings is 1. The van der Waals surface area contributed by atoms with Gasteiger partial charge in [0.25, 0.3) is 0 Å². The van der Waals surface area contributed by atoms with Crippen LogP contribution in [-0.4, -0.2) is 35.2 Å². The maximum atomic E-state index is 9.94. The maximum absolute atomic E-state index is 9.94. The Morgan fingerprint density at radius 1 is 1.29 bits per heavy atom. The topological polar surface area (TPSA) is 47.3 Å². The molecule has 1 saturated carbocycles. The van der Waals surface area contributed by atoms with Crippen molar-refractivity contribution in [2.45, 2.75) is 71.9 Å². The predicted molar refractivity (Wildman–Crippen MR) is 85.7 cm³/mol. The molecule has 0 aromatic carbocycles. The predicted octanol–water partition coefficient (Wildman–Crippen LogP) is 3.43. The molecule has 120 valence electrons. The fourth-order valence-electron chi connectivity index (χ4n) is 4.17. The van der Waals surface area contributed by atoms with Crippen LogP contribution in [0.4, 0.5) is 0 Å². The van der Waals surface area contributed by atoms with Crippen molar-refractivity contribution >= 4 is 0 Å². The Labute approximate surface area is 130 Å². The molecule has 0 aromatic rings. The van der Waals surface area contributed by atoms with E-state index >= 15 is 0 Å². The van der Waals surface area contributed by atoms with Crippen molar-refractivity contribution in [2.75, 3.05) is 13.1 Å². The lowest BCUT2D eigenvalue weighted by atomic mass is 9.65. The van der Waals surface area contributed by atoms with Gasteiger partial charge in [0.2, 0.25) is 0 Å². The number of rotatable bonds is 3. The summed E-state index contributed by atoms with van der Waals surface area (Å²) in [6.45, 7) is 11.1. The van der Waals surface area contributed by atoms with Gasteiger partial charge < -0.3 is 5.11 Å². The fourth-order valence-corrected chi connectivity index (χ4v) is 4.17. The van der Waals surface area contributed by atoms with Crippen molar-refractivity contribution < 1.29 is 5.11 Å². The third-order valence-electron chi connectivity index (χ3n) is 6.36. The molecule has 21 heavy (non-hydrogen) atoms. The van der Waals surface area contributed by atoms with Crippen molar-refractivity contribution in [1.29, 1.82) is 5.26 Å². The first-order valence-corrected chi connectivity index (χ1v) is 8.70. The minimum atomic E-state index is -0.159. The lowest BCUT2D eigenvalue weighted by Gasteiger charge is -2.47. The Hall–Kier alpha value is -0.590. The zero-order valence-corrected chi connectivity index (χ0v) is 14.2. The SMILES string of the molecule is CCC(C)(C)C1CCC(C#N)C(N2CCC(O)C(C)C2)C1. The van der Waals surface area contributed by atoms with Crippen LogP contribution in [0.3, 0.4) is 0 Å². The van der Waals surface area contributed by atoms with Gasteiger partial charge in [0.15, 0.2) is 0 Å². The van der Waals surface area contributed by atoms with Gasteiger partial charge in [-0.1, -0.05) is 34.1 Å². The van der Waals surface area contributed by atoms with Crippen LogP contribution in [0.1, 0.15) is 59.8 Å². The molecule has 1 saturated heterocycles. The van der Waals surface area contributed by atoms with Gasteiger partial charge in [-0.3, -0.25) is 4.90 Å². The molecule has 1 aliphatic carbocycles. The van der Waals surface area contributed by atoms with Crippen LogP contribution >= 0.6 is 0 Å². The summed E-state index contributed by atoms with van der Waals surface area (Å²) in [6.07, 6.45) is 5.30. The first kappa shape index (κ1) is 16.8. The Bertz CT molecular complexity index is 387. The quantitative estimate of drug-likeness (QED) is 0.867. The maximum Gasteiger partial charge on any atom is 0.0672 e. The molecule has 5 unspecified atom stereocenters. The normalized spacial score (nSPS) is 39.0. The summed E-state index contributed by atoms with van der Waals surface area (Å²) >= 11 is 0. The summed E-state index contributed by atoms with van der Waals surface area (Å²) in [6, 6.07) is 2.96. The molecule has 1 aliphatic heterocycles. The van der Waals surface area contributed by atoms with Gasteiger partial charge in [-0.25, -0.2) is 0 Å². The zero-order chi connectivity index (χ0) is 15.6. The van der Waals surface area contributed by atoms with Gasteiger partial charge in [0.1, 0.15) is 0 Å². The smallest absolute Gasteiger partial charge is 0.0672 e. The summed E-state index contributed by atoms with van der Waals surface area (Å²) in [5.41, 5.74) is 0.375. The molecule has 0 radical (unpaired) electrons. The fraction of sp³-hybridized carbons (Fsp3) is 0.944. The number of nitrogens with zero attached hydrogens (tertiary/aromatic N) is 2. The van der Waals surface area contributed by atoms with Crippen molar-refractivity contribution in [3.8, 4) is 6.07 Å². The number of aliphatic hydroxyl groups excluding tert-OH is 1. The van der Waals surface area contributed by atoms with E-state index in [1.54, 1.807) is 0 Å². The van der Waals surface area contributed by atoms with Crippen LogP contribution in [0.2, 0.25) is 0 Å². The summed E-state index contributed by atoms with van der Waals surface area (Å²) in [5, 5.41) is 19.5. The average Bonchev–Trinajstić information content (AvgIpc) is 2.49. The molecule has 3 nitrogen and oxygen atoms in total. The molecule has 2 fully saturated rings. The van der Waals surface area contributed by atoms with Crippen LogP contribution in [-0.2, 0) is 0 Å². The largest absolute Gasteiger partial charge is 0.393 e. The van der Waals surface area contributed by atoms with E-state index in [-0.39, 0.29) is 12.0 Å². The third-order valence-corrected chi connectivity index (χ3v) is 6.36. The second-order valence-electron chi connectivity index (χ2n) is 7.98. The number of likely N-dealkylation sites (tertiary alicyclic amines) is 1. The number of hydrogen-bond acceptors (Lipinski definition) is 3. The summed E-state index contributed by atoms with van der Waals surface area (Å²) < 4.78 is 0. The Morgan fingerprint density at radius 2 is 2.00 bits per heavy atom. The molecule has 0 amide bonds. The molecule has 0 spiro atoms. The van der Waals surface area contributed by atoms with E-state index in [0.29, 0.717) is 17.4 Å². The average molecular weight is 292 g/mol. The van der Waals surface area contributed by atoms with Gasteiger partial charge in [0, 0.05) is 19.1 Å². The number of nitriles is 1. The highest BCUT2D eigenvalue weighted by atomic mass is 16.3. The van der Waals surface area contributed by atoms with Crippen LogP contribution < -0.4 is 0 Å². The van der Waals surface area contributed by atoms with E-state index in [2.05, 4.69) is 38.7 Å². The number of aliphatic hydroxyl groups is 1. The molecular weight excluding hydrogens is 260 g/mol. The van der Waals surface area contributed by atoms with E-state index in [1.807, 2.05) is 0 Å². The molecule has 1 N–H and O–H groups in total. The molecule has 2 rings (SSSR count). The van der Waals surface area contributed by atoms with Crippen LogP contribution in [0.5, 0.6) is 0 Å². The lowest BCUT2D eigenvalue weighted by Crippen LogP contribution is -2.52. The van der Waals surface area contributed by atoms with E-state index in [9.17, 15) is 10.4 Å². The highest BCUT2D eigenvalue weighted by molar-refractivity contribution is 5.01. The second kappa shape index (κ2) is 6.67.